The Kier molecular flexibility index (Phi) is 4.94. The van der Waals surface area contributed by atoms with Gasteiger partial charge in [-0.1, -0.05) is 23.5 Å². The number of benzene rings is 1. The topological polar surface area (TPSA) is 102 Å². The fourth-order valence-electron chi connectivity index (χ4n) is 3.74. The fraction of sp³-hybridized carbons (Fsp3) is 0.389. The van der Waals surface area contributed by atoms with Gasteiger partial charge in [-0.15, -0.1) is 0 Å². The Morgan fingerprint density at radius 3 is 2.59 bits per heavy atom. The van der Waals surface area contributed by atoms with Crippen molar-refractivity contribution in [1.82, 2.24) is 10.2 Å². The molecule has 27 heavy (non-hydrogen) atoms. The summed E-state index contributed by atoms with van der Waals surface area (Å²) >= 11 is 1.18. The molecule has 3 fully saturated rings. The van der Waals surface area contributed by atoms with Crippen LogP contribution in [0.2, 0.25) is 0 Å². The molecule has 9 heteroatoms. The molecule has 0 radical (unpaired) electrons. The summed E-state index contributed by atoms with van der Waals surface area (Å²) in [5.41, 5.74) is 0. The van der Waals surface area contributed by atoms with E-state index in [0.717, 1.165) is 32.5 Å². The van der Waals surface area contributed by atoms with Crippen molar-refractivity contribution in [3.63, 3.8) is 0 Å². The highest BCUT2D eigenvalue weighted by molar-refractivity contribution is 7.89. The standard InChI is InChI=1S/C18H21N3O4S2/c19-27(23,24)16-4-2-1-3-14(16)25-17-6-5-15(26-17)18(22)20-13-11-21-9-7-12(13)8-10-21/h1-6,12-13H,7-11H2,(H,20,22)(H2,19,23,24)/t13-/m0/s1. The van der Waals surface area contributed by atoms with Gasteiger partial charge < -0.3 is 15.0 Å². The normalized spacial score (nSPS) is 24.6. The van der Waals surface area contributed by atoms with Gasteiger partial charge in [0, 0.05) is 12.6 Å². The van der Waals surface area contributed by atoms with Crippen LogP contribution >= 0.6 is 11.3 Å². The molecule has 7 nitrogen and oxygen atoms in total. The molecule has 144 valence electrons. The molecular weight excluding hydrogens is 386 g/mol. The summed E-state index contributed by atoms with van der Waals surface area (Å²) in [6, 6.07) is 9.71. The van der Waals surface area contributed by atoms with Gasteiger partial charge in [-0.2, -0.15) is 0 Å². The lowest BCUT2D eigenvalue weighted by Gasteiger charge is -2.44. The molecule has 1 atom stereocenters. The van der Waals surface area contributed by atoms with Gasteiger partial charge >= 0.3 is 0 Å². The van der Waals surface area contributed by atoms with Crippen LogP contribution in [0, 0.1) is 5.92 Å². The summed E-state index contributed by atoms with van der Waals surface area (Å²) < 4.78 is 29.0. The van der Waals surface area contributed by atoms with E-state index >= 15 is 0 Å². The number of carbonyl (C=O) groups excluding carboxylic acids is 1. The molecule has 0 saturated carbocycles. The van der Waals surface area contributed by atoms with E-state index < -0.39 is 10.0 Å². The van der Waals surface area contributed by atoms with Crippen LogP contribution < -0.4 is 15.2 Å². The number of carbonyl (C=O) groups is 1. The number of piperidine rings is 3. The Hall–Kier alpha value is -1.94. The number of sulfonamides is 1. The molecule has 1 amide bonds. The van der Waals surface area contributed by atoms with E-state index in [-0.39, 0.29) is 22.6 Å². The molecule has 1 aromatic carbocycles. The zero-order chi connectivity index (χ0) is 19.0. The quantitative estimate of drug-likeness (QED) is 0.789. The van der Waals surface area contributed by atoms with Crippen LogP contribution in [0.25, 0.3) is 0 Å². The molecule has 3 saturated heterocycles. The van der Waals surface area contributed by atoms with Crippen LogP contribution in [0.4, 0.5) is 0 Å². The highest BCUT2D eigenvalue weighted by Gasteiger charge is 2.35. The SMILES string of the molecule is NS(=O)(=O)c1ccccc1Oc1ccc(C(=O)N[C@H]2CN3CCC2CC3)s1. The lowest BCUT2D eigenvalue weighted by Crippen LogP contribution is -2.57. The van der Waals surface area contributed by atoms with Gasteiger partial charge in [-0.3, -0.25) is 4.79 Å². The molecule has 2 aromatic rings. The second-order valence-corrected chi connectivity index (χ2v) is 9.51. The molecule has 3 aliphatic heterocycles. The van der Waals surface area contributed by atoms with E-state index in [1.54, 1.807) is 24.3 Å². The smallest absolute Gasteiger partial charge is 0.261 e. The maximum Gasteiger partial charge on any atom is 0.261 e. The van der Waals surface area contributed by atoms with Crippen molar-refractivity contribution in [2.45, 2.75) is 23.8 Å². The zero-order valence-electron chi connectivity index (χ0n) is 14.6. The van der Waals surface area contributed by atoms with Crippen LogP contribution in [-0.2, 0) is 10.0 Å². The third-order valence-corrected chi connectivity index (χ3v) is 7.06. The maximum absolute atomic E-state index is 12.6. The number of rotatable bonds is 5. The van der Waals surface area contributed by atoms with Crippen molar-refractivity contribution in [3.05, 3.63) is 41.3 Å². The summed E-state index contributed by atoms with van der Waals surface area (Å²) in [7, 11) is -3.89. The molecule has 1 aromatic heterocycles. The second-order valence-electron chi connectivity index (χ2n) is 6.93. The van der Waals surface area contributed by atoms with E-state index in [9.17, 15) is 13.2 Å². The van der Waals surface area contributed by atoms with Crippen molar-refractivity contribution in [3.8, 4) is 10.8 Å². The van der Waals surface area contributed by atoms with Crippen molar-refractivity contribution in [2.24, 2.45) is 11.1 Å². The number of fused-ring (bicyclic) bond motifs is 3. The number of nitrogens with zero attached hydrogens (tertiary/aromatic N) is 1. The predicted octanol–water partition coefficient (Wildman–Crippen LogP) is 2.01. The van der Waals surface area contributed by atoms with Gasteiger partial charge in [-0.25, -0.2) is 13.6 Å². The number of nitrogens with two attached hydrogens (primary N) is 1. The summed E-state index contributed by atoms with van der Waals surface area (Å²) in [5.74, 6) is 0.579. The third kappa shape index (κ3) is 4.01. The van der Waals surface area contributed by atoms with Gasteiger partial charge in [0.2, 0.25) is 10.0 Å². The predicted molar refractivity (Wildman–Crippen MR) is 103 cm³/mol. The number of hydrogen-bond donors (Lipinski definition) is 2. The largest absolute Gasteiger partial charge is 0.445 e. The van der Waals surface area contributed by atoms with E-state index in [1.165, 1.54) is 23.5 Å². The third-order valence-electron chi connectivity index (χ3n) is 5.14. The Balaban J connectivity index is 1.46. The van der Waals surface area contributed by atoms with Gasteiger partial charge in [-0.05, 0) is 56.1 Å². The van der Waals surface area contributed by atoms with Crippen LogP contribution in [0.5, 0.6) is 10.8 Å². The van der Waals surface area contributed by atoms with Crippen LogP contribution in [0.15, 0.2) is 41.3 Å². The number of thiophene rings is 1. The molecule has 0 spiro atoms. The molecule has 3 N–H and O–H groups in total. The number of hydrogen-bond acceptors (Lipinski definition) is 6. The Labute approximate surface area is 162 Å². The maximum atomic E-state index is 12.6. The number of para-hydroxylation sites is 1. The van der Waals surface area contributed by atoms with E-state index in [2.05, 4.69) is 10.2 Å². The van der Waals surface area contributed by atoms with Crippen LogP contribution in [0.1, 0.15) is 22.5 Å². The van der Waals surface area contributed by atoms with Gasteiger partial charge in [0.25, 0.3) is 5.91 Å². The first-order valence-electron chi connectivity index (χ1n) is 8.83. The van der Waals surface area contributed by atoms with E-state index in [1.807, 2.05) is 0 Å². The van der Waals surface area contributed by atoms with Crippen LogP contribution in [-0.4, -0.2) is 44.9 Å². The first kappa shape index (κ1) is 18.4. The van der Waals surface area contributed by atoms with Gasteiger partial charge in [0.15, 0.2) is 5.06 Å². The summed E-state index contributed by atoms with van der Waals surface area (Å²) in [6.45, 7) is 3.15. The molecule has 2 bridgehead atoms. The lowest BCUT2D eigenvalue weighted by atomic mass is 9.84. The van der Waals surface area contributed by atoms with E-state index in [0.29, 0.717) is 15.9 Å². The summed E-state index contributed by atoms with van der Waals surface area (Å²) in [5, 5.41) is 8.80. The highest BCUT2D eigenvalue weighted by Crippen LogP contribution is 2.33. The highest BCUT2D eigenvalue weighted by atomic mass is 32.2. The average molecular weight is 408 g/mol. The van der Waals surface area contributed by atoms with Gasteiger partial charge in [0.05, 0.1) is 4.88 Å². The molecule has 0 aliphatic carbocycles. The van der Waals surface area contributed by atoms with Gasteiger partial charge in [0.1, 0.15) is 10.6 Å². The zero-order valence-corrected chi connectivity index (χ0v) is 16.3. The summed E-state index contributed by atoms with van der Waals surface area (Å²) in [6.07, 6.45) is 2.27. The Morgan fingerprint density at radius 1 is 1.19 bits per heavy atom. The minimum absolute atomic E-state index is 0.0864. The fourth-order valence-corrected chi connectivity index (χ4v) is 5.17. The van der Waals surface area contributed by atoms with Crippen LogP contribution in [0.3, 0.4) is 0 Å². The molecule has 0 unspecified atom stereocenters. The van der Waals surface area contributed by atoms with Crippen molar-refractivity contribution in [1.29, 1.82) is 0 Å². The lowest BCUT2D eigenvalue weighted by molar-refractivity contribution is 0.0622. The molecule has 4 heterocycles. The van der Waals surface area contributed by atoms with Crippen molar-refractivity contribution >= 4 is 27.3 Å². The second kappa shape index (κ2) is 7.23. The summed E-state index contributed by atoms with van der Waals surface area (Å²) in [4.78, 5) is 15.4. The average Bonchev–Trinajstić information content (AvgIpc) is 3.11. The number of ether oxygens (including phenoxy) is 1. The number of nitrogens with one attached hydrogen (secondary N) is 1. The van der Waals surface area contributed by atoms with Crippen molar-refractivity contribution in [2.75, 3.05) is 19.6 Å². The number of primary sulfonamides is 1. The minimum atomic E-state index is -3.89. The molecular formula is C18H21N3O4S2. The monoisotopic (exact) mass is 407 g/mol. The number of amides is 1. The first-order valence-corrected chi connectivity index (χ1v) is 11.2. The van der Waals surface area contributed by atoms with Crippen molar-refractivity contribution < 1.29 is 17.9 Å². The Bertz CT molecular complexity index is 949. The minimum Gasteiger partial charge on any atom is -0.445 e. The Morgan fingerprint density at radius 2 is 1.93 bits per heavy atom. The first-order chi connectivity index (χ1) is 12.9. The molecule has 3 aliphatic rings. The molecule has 5 rings (SSSR count). The van der Waals surface area contributed by atoms with E-state index in [4.69, 9.17) is 9.88 Å².